The van der Waals surface area contributed by atoms with Crippen molar-refractivity contribution in [3.63, 3.8) is 0 Å². The van der Waals surface area contributed by atoms with E-state index in [9.17, 15) is 9.59 Å². The summed E-state index contributed by atoms with van der Waals surface area (Å²) in [6.45, 7) is 1.93. The number of carboxylic acids is 1. The number of hydrogen-bond acceptors (Lipinski definition) is 4. The second-order valence-electron chi connectivity index (χ2n) is 4.37. The first kappa shape index (κ1) is 15.7. The van der Waals surface area contributed by atoms with Gasteiger partial charge in [-0.2, -0.15) is 0 Å². The second-order valence-corrected chi connectivity index (χ2v) is 6.49. The van der Waals surface area contributed by atoms with Gasteiger partial charge in [0.05, 0.1) is 12.1 Å². The average Bonchev–Trinajstić information content (AvgIpc) is 2.78. The highest BCUT2D eigenvalue weighted by molar-refractivity contribution is 9.10. The molecule has 2 N–H and O–H groups in total. The molecule has 2 rings (SSSR count). The molecule has 2 aromatic rings. The van der Waals surface area contributed by atoms with Gasteiger partial charge in [0.2, 0.25) is 5.91 Å². The molecule has 7 heteroatoms. The molecular weight excluding hydrogens is 356 g/mol. The number of hydrogen-bond donors (Lipinski definition) is 2. The lowest BCUT2D eigenvalue weighted by molar-refractivity contribution is -0.138. The number of nitrogens with zero attached hydrogens (tertiary/aromatic N) is 1. The number of aryl methyl sites for hydroxylation is 1. The quantitative estimate of drug-likeness (QED) is 0.843. The van der Waals surface area contributed by atoms with Crippen molar-refractivity contribution >= 4 is 44.3 Å². The van der Waals surface area contributed by atoms with Gasteiger partial charge >= 0.3 is 5.97 Å². The van der Waals surface area contributed by atoms with Crippen LogP contribution in [0.1, 0.15) is 17.7 Å². The van der Waals surface area contributed by atoms with Crippen molar-refractivity contribution in [2.24, 2.45) is 0 Å². The van der Waals surface area contributed by atoms with Gasteiger partial charge in [-0.3, -0.25) is 9.59 Å². The van der Waals surface area contributed by atoms with Crippen LogP contribution < -0.4 is 5.32 Å². The number of thiazole rings is 1. The lowest BCUT2D eigenvalue weighted by Gasteiger charge is -2.00. The van der Waals surface area contributed by atoms with Crippen LogP contribution in [0.5, 0.6) is 0 Å². The molecular formula is C14H13BrN2O3S. The van der Waals surface area contributed by atoms with Crippen LogP contribution in [0.25, 0.3) is 11.3 Å². The van der Waals surface area contributed by atoms with E-state index in [0.29, 0.717) is 5.13 Å². The molecule has 0 atom stereocenters. The predicted molar refractivity (Wildman–Crippen MR) is 85.5 cm³/mol. The molecule has 21 heavy (non-hydrogen) atoms. The van der Waals surface area contributed by atoms with Crippen molar-refractivity contribution in [3.8, 4) is 11.3 Å². The number of aromatic nitrogens is 1. The molecule has 5 nitrogen and oxygen atoms in total. The topological polar surface area (TPSA) is 79.3 Å². The Balaban J connectivity index is 2.10. The lowest BCUT2D eigenvalue weighted by atomic mass is 10.1. The van der Waals surface area contributed by atoms with Crippen molar-refractivity contribution in [2.45, 2.75) is 19.8 Å². The average molecular weight is 369 g/mol. The first-order valence-electron chi connectivity index (χ1n) is 6.20. The number of rotatable bonds is 5. The van der Waals surface area contributed by atoms with Gasteiger partial charge < -0.3 is 10.4 Å². The monoisotopic (exact) mass is 368 g/mol. The minimum Gasteiger partial charge on any atom is -0.481 e. The predicted octanol–water partition coefficient (Wildman–Crippen LogP) is 3.68. The van der Waals surface area contributed by atoms with Crippen LogP contribution in [0.15, 0.2) is 28.7 Å². The fourth-order valence-corrected chi connectivity index (χ4v) is 2.84. The summed E-state index contributed by atoms with van der Waals surface area (Å²) >= 11 is 4.75. The van der Waals surface area contributed by atoms with Gasteiger partial charge in [0.15, 0.2) is 5.13 Å². The summed E-state index contributed by atoms with van der Waals surface area (Å²) in [6.07, 6.45) is -0.239. The van der Waals surface area contributed by atoms with Crippen molar-refractivity contribution in [2.75, 3.05) is 5.32 Å². The maximum atomic E-state index is 11.6. The van der Waals surface area contributed by atoms with Crippen LogP contribution >= 0.6 is 27.3 Å². The Kier molecular flexibility index (Phi) is 5.08. The number of carbonyl (C=O) groups is 2. The highest BCUT2D eigenvalue weighted by atomic mass is 79.9. The number of anilines is 1. The Labute approximate surface area is 134 Å². The van der Waals surface area contributed by atoms with Crippen LogP contribution in [0.2, 0.25) is 0 Å². The van der Waals surface area contributed by atoms with E-state index in [-0.39, 0.29) is 18.7 Å². The van der Waals surface area contributed by atoms with E-state index in [0.717, 1.165) is 20.6 Å². The molecule has 1 heterocycles. The first-order chi connectivity index (χ1) is 9.95. The van der Waals surface area contributed by atoms with Gasteiger partial charge in [0.25, 0.3) is 0 Å². The van der Waals surface area contributed by atoms with Gasteiger partial charge in [-0.15, -0.1) is 11.3 Å². The van der Waals surface area contributed by atoms with E-state index in [1.54, 1.807) is 0 Å². The summed E-state index contributed by atoms with van der Waals surface area (Å²) in [7, 11) is 0. The number of halogens is 1. The molecule has 1 amide bonds. The summed E-state index contributed by atoms with van der Waals surface area (Å²) < 4.78 is 0.987. The van der Waals surface area contributed by atoms with Gasteiger partial charge in [-0.1, -0.05) is 28.1 Å². The summed E-state index contributed by atoms with van der Waals surface area (Å²) in [5.41, 5.74) is 1.79. The third kappa shape index (κ3) is 4.37. The Morgan fingerprint density at radius 3 is 2.57 bits per heavy atom. The first-order valence-corrected chi connectivity index (χ1v) is 7.81. The van der Waals surface area contributed by atoms with E-state index in [2.05, 4.69) is 26.2 Å². The van der Waals surface area contributed by atoms with Crippen molar-refractivity contribution in [1.82, 2.24) is 4.98 Å². The van der Waals surface area contributed by atoms with Crippen LogP contribution in [-0.4, -0.2) is 22.0 Å². The van der Waals surface area contributed by atoms with E-state index in [4.69, 9.17) is 5.11 Å². The number of carboxylic acid groups (broad SMARTS) is 1. The van der Waals surface area contributed by atoms with E-state index in [1.807, 2.05) is 31.2 Å². The zero-order valence-electron chi connectivity index (χ0n) is 11.2. The third-order valence-electron chi connectivity index (χ3n) is 2.73. The minimum atomic E-state index is -0.990. The molecule has 0 spiro atoms. The maximum Gasteiger partial charge on any atom is 0.303 e. The normalized spacial score (nSPS) is 10.4. The zero-order valence-corrected chi connectivity index (χ0v) is 13.6. The molecule has 0 fully saturated rings. The molecule has 0 aliphatic carbocycles. The Morgan fingerprint density at radius 2 is 1.95 bits per heavy atom. The van der Waals surface area contributed by atoms with Gasteiger partial charge in [-0.05, 0) is 19.1 Å². The van der Waals surface area contributed by atoms with Crippen LogP contribution in [0.4, 0.5) is 5.13 Å². The van der Waals surface area contributed by atoms with Gasteiger partial charge in [0, 0.05) is 21.3 Å². The van der Waals surface area contributed by atoms with Crippen LogP contribution in [-0.2, 0) is 9.59 Å². The summed E-state index contributed by atoms with van der Waals surface area (Å²) in [5.74, 6) is -1.33. The largest absolute Gasteiger partial charge is 0.481 e. The third-order valence-corrected chi connectivity index (χ3v) is 4.14. The zero-order chi connectivity index (χ0) is 15.4. The van der Waals surface area contributed by atoms with E-state index < -0.39 is 5.97 Å². The Morgan fingerprint density at radius 1 is 1.29 bits per heavy atom. The summed E-state index contributed by atoms with van der Waals surface area (Å²) in [4.78, 5) is 27.4. The van der Waals surface area contributed by atoms with Crippen molar-refractivity contribution < 1.29 is 14.7 Å². The van der Waals surface area contributed by atoms with Crippen LogP contribution in [0, 0.1) is 6.92 Å². The highest BCUT2D eigenvalue weighted by Gasteiger charge is 2.12. The maximum absolute atomic E-state index is 11.6. The molecule has 1 aromatic heterocycles. The lowest BCUT2D eigenvalue weighted by Crippen LogP contribution is -2.12. The molecule has 0 saturated carbocycles. The fraction of sp³-hybridized carbons (Fsp3) is 0.214. The Bertz CT molecular complexity index is 667. The molecule has 0 bridgehead atoms. The van der Waals surface area contributed by atoms with Gasteiger partial charge in [0.1, 0.15) is 0 Å². The molecule has 0 radical (unpaired) electrons. The SMILES string of the molecule is Cc1sc(NC(=O)CCC(=O)O)nc1-c1ccc(Br)cc1. The number of benzene rings is 1. The smallest absolute Gasteiger partial charge is 0.303 e. The minimum absolute atomic E-state index is 0.0540. The van der Waals surface area contributed by atoms with Crippen LogP contribution in [0.3, 0.4) is 0 Å². The summed E-state index contributed by atoms with van der Waals surface area (Å²) in [5, 5.41) is 11.7. The van der Waals surface area contributed by atoms with E-state index >= 15 is 0 Å². The van der Waals surface area contributed by atoms with E-state index in [1.165, 1.54) is 11.3 Å². The number of carbonyl (C=O) groups excluding carboxylic acids is 1. The van der Waals surface area contributed by atoms with Crippen molar-refractivity contribution in [1.29, 1.82) is 0 Å². The number of amides is 1. The molecule has 0 unspecified atom stereocenters. The molecule has 0 aliphatic heterocycles. The number of nitrogens with one attached hydrogen (secondary N) is 1. The summed E-state index contributed by atoms with van der Waals surface area (Å²) in [6, 6.07) is 7.75. The van der Waals surface area contributed by atoms with Gasteiger partial charge in [-0.25, -0.2) is 4.98 Å². The molecule has 0 aliphatic rings. The Hall–Kier alpha value is -1.73. The van der Waals surface area contributed by atoms with Crippen molar-refractivity contribution in [3.05, 3.63) is 33.6 Å². The number of aliphatic carboxylic acids is 1. The fourth-order valence-electron chi connectivity index (χ4n) is 1.73. The highest BCUT2D eigenvalue weighted by Crippen LogP contribution is 2.31. The second kappa shape index (κ2) is 6.82. The molecule has 0 saturated heterocycles. The molecule has 1 aromatic carbocycles. The molecule has 110 valence electrons. The standard InChI is InChI=1S/C14H13BrN2O3S/c1-8-13(9-2-4-10(15)5-3-9)17-14(21-8)16-11(18)6-7-12(19)20/h2-5H,6-7H2,1H3,(H,19,20)(H,16,17,18).